The molecule has 4 atom stereocenters. The molecule has 1 saturated heterocycles. The van der Waals surface area contributed by atoms with Crippen LogP contribution in [0.3, 0.4) is 0 Å². The fourth-order valence-corrected chi connectivity index (χ4v) is 4.84. The lowest BCUT2D eigenvalue weighted by atomic mass is 9.83. The van der Waals surface area contributed by atoms with E-state index in [-0.39, 0.29) is 29.4 Å². The fraction of sp³-hybridized carbons (Fsp3) is 0.680. The van der Waals surface area contributed by atoms with Crippen LogP contribution >= 0.6 is 11.6 Å². The summed E-state index contributed by atoms with van der Waals surface area (Å²) in [7, 11) is 3.27. The van der Waals surface area contributed by atoms with Crippen LogP contribution in [0.5, 0.6) is 11.5 Å². The molecule has 2 N–H and O–H groups in total. The van der Waals surface area contributed by atoms with Gasteiger partial charge in [-0.2, -0.15) is 0 Å². The van der Waals surface area contributed by atoms with E-state index in [9.17, 15) is 9.59 Å². The molecule has 2 amide bonds. The SMILES string of the molecule is COc1cc2c(cc1OC)C1CC(NC(=O)OC(C)(C)C)C(NC(=O)CCC(C)Cl)CN1CC2. The van der Waals surface area contributed by atoms with Gasteiger partial charge in [0, 0.05) is 30.9 Å². The number of nitrogens with one attached hydrogen (secondary N) is 2. The topological polar surface area (TPSA) is 89.1 Å². The molecule has 8 nitrogen and oxygen atoms in total. The van der Waals surface area contributed by atoms with Gasteiger partial charge in [0.1, 0.15) is 5.60 Å². The summed E-state index contributed by atoms with van der Waals surface area (Å²) in [6.45, 7) is 8.86. The number of hydrogen-bond acceptors (Lipinski definition) is 6. The quantitative estimate of drug-likeness (QED) is 0.559. The van der Waals surface area contributed by atoms with Crippen molar-refractivity contribution < 1.29 is 23.8 Å². The Hall–Kier alpha value is -2.19. The molecular formula is C25H38ClN3O5. The minimum atomic E-state index is -0.610. The zero-order chi connectivity index (χ0) is 25.0. The highest BCUT2D eigenvalue weighted by Gasteiger charge is 2.41. The van der Waals surface area contributed by atoms with Crippen LogP contribution in [-0.2, 0) is 16.0 Å². The summed E-state index contributed by atoms with van der Waals surface area (Å²) in [5, 5.41) is 6.10. The Kier molecular flexibility index (Phi) is 8.57. The first kappa shape index (κ1) is 26.4. The maximum atomic E-state index is 12.6. The van der Waals surface area contributed by atoms with Crippen molar-refractivity contribution in [3.8, 4) is 11.5 Å². The zero-order valence-electron chi connectivity index (χ0n) is 21.1. The van der Waals surface area contributed by atoms with Crippen molar-refractivity contribution in [1.82, 2.24) is 15.5 Å². The summed E-state index contributed by atoms with van der Waals surface area (Å²) in [4.78, 5) is 27.6. The zero-order valence-corrected chi connectivity index (χ0v) is 21.8. The van der Waals surface area contributed by atoms with Gasteiger partial charge in [-0.3, -0.25) is 9.69 Å². The third-order valence-corrected chi connectivity index (χ3v) is 6.54. The van der Waals surface area contributed by atoms with E-state index in [4.69, 9.17) is 25.8 Å². The Balaban J connectivity index is 1.83. The standard InChI is InChI=1S/C25H38ClN3O5/c1-15(26)7-8-23(30)27-19-14-29-10-9-16-11-21(32-5)22(33-6)12-17(16)20(29)13-18(19)28-24(31)34-25(2,3)4/h11-12,15,18-20H,7-10,13-14H2,1-6H3,(H,27,30)(H,28,31). The van der Waals surface area contributed by atoms with Gasteiger partial charge in [0.05, 0.1) is 26.3 Å². The average molecular weight is 496 g/mol. The maximum Gasteiger partial charge on any atom is 0.407 e. The van der Waals surface area contributed by atoms with Crippen molar-refractivity contribution in [3.05, 3.63) is 23.3 Å². The molecule has 2 aliphatic rings. The van der Waals surface area contributed by atoms with Crippen molar-refractivity contribution in [3.63, 3.8) is 0 Å². The molecule has 0 bridgehead atoms. The number of alkyl carbamates (subject to hydrolysis) is 1. The molecule has 0 radical (unpaired) electrons. The first-order valence-corrected chi connectivity index (χ1v) is 12.4. The number of alkyl halides is 1. The minimum Gasteiger partial charge on any atom is -0.493 e. The van der Waals surface area contributed by atoms with Crippen molar-refractivity contribution in [1.29, 1.82) is 0 Å². The molecular weight excluding hydrogens is 458 g/mol. The van der Waals surface area contributed by atoms with E-state index in [1.54, 1.807) is 14.2 Å². The Bertz CT molecular complexity index is 886. The van der Waals surface area contributed by atoms with E-state index < -0.39 is 11.7 Å². The number of halogens is 1. The predicted molar refractivity (Wildman–Crippen MR) is 132 cm³/mol. The lowest BCUT2D eigenvalue weighted by Crippen LogP contribution is -2.62. The average Bonchev–Trinajstić information content (AvgIpc) is 2.75. The van der Waals surface area contributed by atoms with Crippen LogP contribution in [0.1, 0.15) is 64.1 Å². The van der Waals surface area contributed by atoms with E-state index >= 15 is 0 Å². The Morgan fingerprint density at radius 1 is 1.15 bits per heavy atom. The maximum absolute atomic E-state index is 12.6. The molecule has 0 aliphatic carbocycles. The molecule has 1 fully saturated rings. The third-order valence-electron chi connectivity index (χ3n) is 6.33. The lowest BCUT2D eigenvalue weighted by molar-refractivity contribution is -0.122. The van der Waals surface area contributed by atoms with Gasteiger partial charge in [0.15, 0.2) is 11.5 Å². The number of amides is 2. The fourth-order valence-electron chi connectivity index (χ4n) is 4.73. The van der Waals surface area contributed by atoms with Gasteiger partial charge in [-0.15, -0.1) is 11.6 Å². The Morgan fingerprint density at radius 3 is 2.44 bits per heavy atom. The number of methoxy groups -OCH3 is 2. The third kappa shape index (κ3) is 6.69. The van der Waals surface area contributed by atoms with E-state index in [1.807, 2.05) is 39.8 Å². The van der Waals surface area contributed by atoms with Gasteiger partial charge in [-0.05, 0) is 70.2 Å². The summed E-state index contributed by atoms with van der Waals surface area (Å²) < 4.78 is 16.6. The number of piperidine rings is 1. The molecule has 3 rings (SSSR count). The number of carbonyl (C=O) groups excluding carboxylic acids is 2. The molecule has 1 aromatic rings. The van der Waals surface area contributed by atoms with Crippen molar-refractivity contribution in [2.45, 2.75) is 82.5 Å². The number of nitrogens with zero attached hydrogens (tertiary/aromatic N) is 1. The second-order valence-corrected chi connectivity index (χ2v) is 10.9. The van der Waals surface area contributed by atoms with Crippen LogP contribution in [-0.4, -0.2) is 67.3 Å². The lowest BCUT2D eigenvalue weighted by Gasteiger charge is -2.47. The highest BCUT2D eigenvalue weighted by Crippen LogP contribution is 2.41. The van der Waals surface area contributed by atoms with Crippen LogP contribution in [0, 0.1) is 0 Å². The molecule has 0 saturated carbocycles. The highest BCUT2D eigenvalue weighted by molar-refractivity contribution is 6.20. The largest absolute Gasteiger partial charge is 0.493 e. The van der Waals surface area contributed by atoms with Gasteiger partial charge in [0.2, 0.25) is 5.91 Å². The summed E-state index contributed by atoms with van der Waals surface area (Å²) in [6.07, 6.45) is 1.98. The predicted octanol–water partition coefficient (Wildman–Crippen LogP) is 3.79. The molecule has 34 heavy (non-hydrogen) atoms. The van der Waals surface area contributed by atoms with Gasteiger partial charge in [0.25, 0.3) is 0 Å². The summed E-state index contributed by atoms with van der Waals surface area (Å²) in [5.41, 5.74) is 1.77. The number of carbonyl (C=O) groups is 2. The van der Waals surface area contributed by atoms with Gasteiger partial charge in [-0.1, -0.05) is 0 Å². The first-order chi connectivity index (χ1) is 16.0. The van der Waals surface area contributed by atoms with Crippen LogP contribution in [0.25, 0.3) is 0 Å². The number of rotatable bonds is 7. The molecule has 0 spiro atoms. The monoisotopic (exact) mass is 495 g/mol. The molecule has 1 aromatic carbocycles. The second kappa shape index (κ2) is 11.0. The molecule has 9 heteroatoms. The van der Waals surface area contributed by atoms with Crippen LogP contribution in [0.2, 0.25) is 0 Å². The molecule has 2 aliphatic heterocycles. The smallest absolute Gasteiger partial charge is 0.407 e. The number of benzene rings is 1. The van der Waals surface area contributed by atoms with E-state index in [1.165, 1.54) is 11.1 Å². The normalized spacial score (nSPS) is 23.2. The van der Waals surface area contributed by atoms with Crippen LogP contribution in [0.4, 0.5) is 4.79 Å². The van der Waals surface area contributed by atoms with Crippen molar-refractivity contribution >= 4 is 23.6 Å². The minimum absolute atomic E-state index is 0.0595. The van der Waals surface area contributed by atoms with Crippen LogP contribution in [0.15, 0.2) is 12.1 Å². The second-order valence-electron chi connectivity index (χ2n) is 10.1. The molecule has 2 heterocycles. The van der Waals surface area contributed by atoms with Gasteiger partial charge in [-0.25, -0.2) is 4.79 Å². The van der Waals surface area contributed by atoms with Crippen molar-refractivity contribution in [2.75, 3.05) is 27.3 Å². The van der Waals surface area contributed by atoms with Gasteiger partial charge >= 0.3 is 6.09 Å². The highest BCUT2D eigenvalue weighted by atomic mass is 35.5. The number of ether oxygens (including phenoxy) is 3. The summed E-state index contributed by atoms with van der Waals surface area (Å²) in [6, 6.07) is 3.65. The Labute approximate surface area is 207 Å². The summed E-state index contributed by atoms with van der Waals surface area (Å²) in [5.74, 6) is 1.34. The van der Waals surface area contributed by atoms with Crippen LogP contribution < -0.4 is 20.1 Å². The van der Waals surface area contributed by atoms with E-state index in [2.05, 4.69) is 15.5 Å². The van der Waals surface area contributed by atoms with Crippen molar-refractivity contribution in [2.24, 2.45) is 0 Å². The summed E-state index contributed by atoms with van der Waals surface area (Å²) >= 11 is 6.03. The number of fused-ring (bicyclic) bond motifs is 3. The van der Waals surface area contributed by atoms with Gasteiger partial charge < -0.3 is 24.8 Å². The van der Waals surface area contributed by atoms with E-state index in [0.29, 0.717) is 37.3 Å². The first-order valence-electron chi connectivity index (χ1n) is 11.9. The molecule has 0 aromatic heterocycles. The number of hydrogen-bond donors (Lipinski definition) is 2. The van der Waals surface area contributed by atoms with E-state index in [0.717, 1.165) is 13.0 Å². The molecule has 190 valence electrons. The molecule has 4 unspecified atom stereocenters. The Morgan fingerprint density at radius 2 is 1.82 bits per heavy atom.